The van der Waals surface area contributed by atoms with E-state index in [-0.39, 0.29) is 16.7 Å². The summed E-state index contributed by atoms with van der Waals surface area (Å²) in [6.45, 7) is 8.98. The number of hydrogen-bond donors (Lipinski definition) is 0. The van der Waals surface area contributed by atoms with Gasteiger partial charge in [-0.05, 0) is 39.3 Å². The Labute approximate surface area is 158 Å². The molecule has 146 valence electrons. The number of carbonyl (C=O) groups is 1. The third-order valence-corrected chi connectivity index (χ3v) is 5.61. The lowest BCUT2D eigenvalue weighted by Gasteiger charge is -2.62. The fourth-order valence-electron chi connectivity index (χ4n) is 4.35. The Morgan fingerprint density at radius 2 is 1.67 bits per heavy atom. The van der Waals surface area contributed by atoms with Gasteiger partial charge in [0.25, 0.3) is 5.69 Å². The van der Waals surface area contributed by atoms with E-state index in [1.807, 2.05) is 32.9 Å². The number of non-ortho nitro benzene ring substituents is 1. The minimum Gasteiger partial charge on any atom is -0.444 e. The number of piperazine rings is 1. The molecule has 8 heteroatoms. The molecule has 8 nitrogen and oxygen atoms in total. The van der Waals surface area contributed by atoms with Crippen LogP contribution in [0, 0.1) is 10.1 Å². The number of piperidine rings is 1. The summed E-state index contributed by atoms with van der Waals surface area (Å²) in [5.41, 5.74) is 0.707. The molecule has 2 unspecified atom stereocenters. The number of nitro groups is 1. The van der Waals surface area contributed by atoms with Crippen LogP contribution in [-0.2, 0) is 4.74 Å². The molecule has 4 aliphatic rings. The van der Waals surface area contributed by atoms with Crippen molar-refractivity contribution in [2.75, 3.05) is 31.1 Å². The zero-order chi connectivity index (χ0) is 19.3. The third-order valence-electron chi connectivity index (χ3n) is 5.61. The first-order valence-electron chi connectivity index (χ1n) is 9.46. The maximum atomic E-state index is 12.1. The SMILES string of the molecule is CC(C)(C)OC(=O)N1CC(N2C3CC2CN(c2ccc([N+](=O)[O-])cc2)C3)C1. The Balaban J connectivity index is 1.30. The zero-order valence-electron chi connectivity index (χ0n) is 16.0. The van der Waals surface area contributed by atoms with Crippen LogP contribution in [-0.4, -0.2) is 70.7 Å². The number of anilines is 1. The van der Waals surface area contributed by atoms with E-state index < -0.39 is 5.60 Å². The highest BCUT2D eigenvalue weighted by Gasteiger charge is 2.51. The number of carbonyl (C=O) groups excluding carboxylic acids is 1. The molecule has 5 rings (SSSR count). The zero-order valence-corrected chi connectivity index (χ0v) is 16.0. The number of rotatable bonds is 3. The van der Waals surface area contributed by atoms with Crippen molar-refractivity contribution in [2.24, 2.45) is 0 Å². The standard InChI is InChI=1S/C19H26N4O4/c1-19(2,3)27-18(24)21-11-17(12-21)22-15-8-16(22)10-20(9-15)13-4-6-14(7-5-13)23(25)26/h4-7,15-17H,8-12H2,1-3H3. The summed E-state index contributed by atoms with van der Waals surface area (Å²) in [6, 6.07) is 8.20. The van der Waals surface area contributed by atoms with Crippen molar-refractivity contribution in [2.45, 2.75) is 50.9 Å². The summed E-state index contributed by atoms with van der Waals surface area (Å²) in [5.74, 6) is 0. The number of nitro benzene ring substituents is 1. The number of likely N-dealkylation sites (tertiary alicyclic amines) is 1. The summed E-state index contributed by atoms with van der Waals surface area (Å²) in [7, 11) is 0. The molecule has 1 aromatic rings. The summed E-state index contributed by atoms with van der Waals surface area (Å²) in [4.78, 5) is 29.2. The largest absolute Gasteiger partial charge is 0.444 e. The molecule has 0 aromatic heterocycles. The van der Waals surface area contributed by atoms with Crippen LogP contribution in [0.3, 0.4) is 0 Å². The number of benzene rings is 1. The molecule has 0 N–H and O–H groups in total. The second kappa shape index (κ2) is 6.37. The second-order valence-electron chi connectivity index (χ2n) is 8.71. The molecule has 1 aromatic carbocycles. The number of fused-ring (bicyclic) bond motifs is 2. The van der Waals surface area contributed by atoms with Gasteiger partial charge in [0.2, 0.25) is 0 Å². The molecule has 2 atom stereocenters. The van der Waals surface area contributed by atoms with Gasteiger partial charge < -0.3 is 14.5 Å². The average Bonchev–Trinajstić information content (AvgIpc) is 2.56. The molecular weight excluding hydrogens is 348 g/mol. The molecule has 4 fully saturated rings. The molecule has 1 amide bonds. The first-order chi connectivity index (χ1) is 12.7. The minimum absolute atomic E-state index is 0.124. The summed E-state index contributed by atoms with van der Waals surface area (Å²) >= 11 is 0. The predicted octanol–water partition coefficient (Wildman–Crippen LogP) is 2.48. The average molecular weight is 374 g/mol. The van der Waals surface area contributed by atoms with Crippen LogP contribution in [0.2, 0.25) is 0 Å². The molecule has 2 bridgehead atoms. The van der Waals surface area contributed by atoms with Crippen LogP contribution < -0.4 is 4.90 Å². The Kier molecular flexibility index (Phi) is 4.25. The van der Waals surface area contributed by atoms with Crippen molar-refractivity contribution in [1.82, 2.24) is 9.80 Å². The highest BCUT2D eigenvalue weighted by molar-refractivity contribution is 5.69. The van der Waals surface area contributed by atoms with E-state index in [1.54, 1.807) is 17.0 Å². The lowest BCUT2D eigenvalue weighted by molar-refractivity contribution is -0.384. The van der Waals surface area contributed by atoms with Gasteiger partial charge >= 0.3 is 6.09 Å². The van der Waals surface area contributed by atoms with Gasteiger partial charge in [-0.3, -0.25) is 15.0 Å². The molecule has 0 radical (unpaired) electrons. The highest BCUT2D eigenvalue weighted by atomic mass is 16.6. The lowest BCUT2D eigenvalue weighted by Crippen LogP contribution is -2.76. The highest BCUT2D eigenvalue weighted by Crippen LogP contribution is 2.38. The van der Waals surface area contributed by atoms with Gasteiger partial charge in [-0.15, -0.1) is 0 Å². The van der Waals surface area contributed by atoms with Gasteiger partial charge in [-0.2, -0.15) is 0 Å². The van der Waals surface area contributed by atoms with Crippen molar-refractivity contribution in [3.8, 4) is 0 Å². The monoisotopic (exact) mass is 374 g/mol. The van der Waals surface area contributed by atoms with E-state index in [9.17, 15) is 14.9 Å². The fraction of sp³-hybridized carbons (Fsp3) is 0.632. The van der Waals surface area contributed by atoms with Crippen LogP contribution >= 0.6 is 0 Å². The van der Waals surface area contributed by atoms with Crippen molar-refractivity contribution in [3.05, 3.63) is 34.4 Å². The summed E-state index contributed by atoms with van der Waals surface area (Å²) < 4.78 is 5.43. The van der Waals surface area contributed by atoms with Gasteiger partial charge in [0, 0.05) is 62.1 Å². The Hall–Kier alpha value is -2.35. The molecule has 27 heavy (non-hydrogen) atoms. The predicted molar refractivity (Wildman–Crippen MR) is 101 cm³/mol. The molecule has 4 aliphatic heterocycles. The molecule has 4 heterocycles. The molecule has 0 aliphatic carbocycles. The van der Waals surface area contributed by atoms with Gasteiger partial charge in [-0.1, -0.05) is 0 Å². The molecule has 0 saturated carbocycles. The van der Waals surface area contributed by atoms with E-state index in [2.05, 4.69) is 9.80 Å². The molecule has 0 spiro atoms. The summed E-state index contributed by atoms with van der Waals surface area (Å²) in [5, 5.41) is 10.8. The smallest absolute Gasteiger partial charge is 0.410 e. The van der Waals surface area contributed by atoms with Crippen LogP contribution in [0.5, 0.6) is 0 Å². The summed E-state index contributed by atoms with van der Waals surface area (Å²) in [6.07, 6.45) is 0.962. The Morgan fingerprint density at radius 1 is 1.07 bits per heavy atom. The number of amides is 1. The normalized spacial score (nSPS) is 25.6. The van der Waals surface area contributed by atoms with E-state index in [1.165, 1.54) is 6.42 Å². The van der Waals surface area contributed by atoms with Crippen molar-refractivity contribution < 1.29 is 14.5 Å². The maximum absolute atomic E-state index is 12.1. The first kappa shape index (κ1) is 18.0. The van der Waals surface area contributed by atoms with Gasteiger partial charge in [0.15, 0.2) is 0 Å². The minimum atomic E-state index is -0.458. The Bertz CT molecular complexity index is 727. The number of hydrogen-bond acceptors (Lipinski definition) is 6. The third kappa shape index (κ3) is 3.45. The van der Waals surface area contributed by atoms with Gasteiger partial charge in [0.1, 0.15) is 5.60 Å². The van der Waals surface area contributed by atoms with E-state index in [0.29, 0.717) is 18.1 Å². The number of nitrogens with zero attached hydrogens (tertiary/aromatic N) is 4. The molecule has 4 saturated heterocycles. The van der Waals surface area contributed by atoms with Gasteiger partial charge in [0.05, 0.1) is 4.92 Å². The van der Waals surface area contributed by atoms with Gasteiger partial charge in [-0.25, -0.2) is 4.79 Å². The topological polar surface area (TPSA) is 79.2 Å². The Morgan fingerprint density at radius 3 is 2.19 bits per heavy atom. The van der Waals surface area contributed by atoms with Crippen LogP contribution in [0.25, 0.3) is 0 Å². The molecular formula is C19H26N4O4. The van der Waals surface area contributed by atoms with Crippen LogP contribution in [0.1, 0.15) is 27.2 Å². The van der Waals surface area contributed by atoms with Crippen molar-refractivity contribution in [1.29, 1.82) is 0 Å². The van der Waals surface area contributed by atoms with Crippen molar-refractivity contribution in [3.63, 3.8) is 0 Å². The van der Waals surface area contributed by atoms with Crippen LogP contribution in [0.4, 0.5) is 16.2 Å². The fourth-order valence-corrected chi connectivity index (χ4v) is 4.35. The van der Waals surface area contributed by atoms with E-state index >= 15 is 0 Å². The first-order valence-corrected chi connectivity index (χ1v) is 9.46. The maximum Gasteiger partial charge on any atom is 0.410 e. The second-order valence-corrected chi connectivity index (χ2v) is 8.71. The lowest BCUT2D eigenvalue weighted by atomic mass is 9.83. The van der Waals surface area contributed by atoms with E-state index in [4.69, 9.17) is 4.74 Å². The van der Waals surface area contributed by atoms with Crippen molar-refractivity contribution >= 4 is 17.5 Å². The van der Waals surface area contributed by atoms with E-state index in [0.717, 1.165) is 31.9 Å². The number of ether oxygens (including phenoxy) is 1. The van der Waals surface area contributed by atoms with Crippen LogP contribution in [0.15, 0.2) is 24.3 Å². The quantitative estimate of drug-likeness (QED) is 0.597.